The molecule has 0 aromatic carbocycles. The van der Waals surface area contributed by atoms with Gasteiger partial charge in [0.1, 0.15) is 0 Å². The molecule has 0 aliphatic rings. The molecule has 0 fully saturated rings. The van der Waals surface area contributed by atoms with Gasteiger partial charge in [0.2, 0.25) is 0 Å². The normalized spacial score (nSPS) is 11.3. The number of nitrogens with zero attached hydrogens (tertiary/aromatic N) is 2. The fourth-order valence-corrected chi connectivity index (χ4v) is 1.78. The summed E-state index contributed by atoms with van der Waals surface area (Å²) in [5.41, 5.74) is 6.37. The first-order valence-corrected chi connectivity index (χ1v) is 6.39. The summed E-state index contributed by atoms with van der Waals surface area (Å²) < 4.78 is 0. The summed E-state index contributed by atoms with van der Waals surface area (Å²) in [6, 6.07) is 3.50. The van der Waals surface area contributed by atoms with Crippen LogP contribution in [0, 0.1) is 5.41 Å². The van der Waals surface area contributed by atoms with Gasteiger partial charge in [-0.05, 0) is 30.5 Å². The van der Waals surface area contributed by atoms with Gasteiger partial charge in [-0.3, -0.25) is 9.78 Å². The summed E-state index contributed by atoms with van der Waals surface area (Å²) in [4.78, 5) is 18.2. The maximum Gasteiger partial charge on any atom is 0.253 e. The van der Waals surface area contributed by atoms with Crippen molar-refractivity contribution in [3.63, 3.8) is 0 Å². The van der Waals surface area contributed by atoms with Crippen LogP contribution in [0.5, 0.6) is 0 Å². The second-order valence-electron chi connectivity index (χ2n) is 5.33. The van der Waals surface area contributed by atoms with Crippen LogP contribution in [0.15, 0.2) is 24.5 Å². The van der Waals surface area contributed by atoms with E-state index in [2.05, 4.69) is 25.8 Å². The molecule has 0 atom stereocenters. The Kier molecular flexibility index (Phi) is 5.28. The molecule has 4 heteroatoms. The van der Waals surface area contributed by atoms with E-state index in [1.807, 2.05) is 4.90 Å². The van der Waals surface area contributed by atoms with Crippen LogP contribution in [0.1, 0.15) is 37.6 Å². The maximum atomic E-state index is 12.4. The molecule has 2 N–H and O–H groups in total. The van der Waals surface area contributed by atoms with Crippen LogP contribution in [0.4, 0.5) is 0 Å². The van der Waals surface area contributed by atoms with E-state index >= 15 is 0 Å². The van der Waals surface area contributed by atoms with Crippen LogP contribution in [0.25, 0.3) is 0 Å². The van der Waals surface area contributed by atoms with E-state index in [1.165, 1.54) is 0 Å². The molecule has 0 saturated heterocycles. The zero-order valence-corrected chi connectivity index (χ0v) is 11.5. The summed E-state index contributed by atoms with van der Waals surface area (Å²) in [6.45, 7) is 8.23. The monoisotopic (exact) mass is 249 g/mol. The molecule has 100 valence electrons. The number of aromatic nitrogens is 1. The highest BCUT2D eigenvalue weighted by atomic mass is 16.2. The van der Waals surface area contributed by atoms with Crippen molar-refractivity contribution in [3.8, 4) is 0 Å². The van der Waals surface area contributed by atoms with Crippen LogP contribution in [-0.2, 0) is 0 Å². The van der Waals surface area contributed by atoms with Crippen molar-refractivity contribution in [1.82, 2.24) is 9.88 Å². The van der Waals surface area contributed by atoms with Crippen molar-refractivity contribution >= 4 is 5.91 Å². The molecule has 0 spiro atoms. The Morgan fingerprint density at radius 2 is 2.00 bits per heavy atom. The van der Waals surface area contributed by atoms with Gasteiger partial charge in [0.15, 0.2) is 0 Å². The molecular formula is C14H23N3O. The standard InChI is InChI=1S/C14H23N3O/c1-4-9-17(11-14(2,3)10-15)13(18)12-5-7-16-8-6-12/h5-8H,4,9-11,15H2,1-3H3. The van der Waals surface area contributed by atoms with Crippen LogP contribution in [-0.4, -0.2) is 35.4 Å². The Bertz CT molecular complexity index is 376. The highest BCUT2D eigenvalue weighted by Crippen LogP contribution is 2.17. The second-order valence-corrected chi connectivity index (χ2v) is 5.33. The average molecular weight is 249 g/mol. The Balaban J connectivity index is 2.82. The SMILES string of the molecule is CCCN(CC(C)(C)CN)C(=O)c1ccncc1. The zero-order valence-electron chi connectivity index (χ0n) is 11.5. The molecule has 1 aromatic heterocycles. The number of pyridine rings is 1. The molecule has 0 aliphatic carbocycles. The van der Waals surface area contributed by atoms with Gasteiger partial charge in [-0.1, -0.05) is 20.8 Å². The lowest BCUT2D eigenvalue weighted by atomic mass is 9.92. The lowest BCUT2D eigenvalue weighted by molar-refractivity contribution is 0.0689. The lowest BCUT2D eigenvalue weighted by Crippen LogP contribution is -2.42. The van der Waals surface area contributed by atoms with E-state index in [4.69, 9.17) is 5.73 Å². The number of carbonyl (C=O) groups excluding carboxylic acids is 1. The van der Waals surface area contributed by atoms with Gasteiger partial charge in [-0.2, -0.15) is 0 Å². The molecule has 0 unspecified atom stereocenters. The second kappa shape index (κ2) is 6.50. The molecule has 18 heavy (non-hydrogen) atoms. The molecule has 1 rings (SSSR count). The Labute approximate surface area is 109 Å². The molecule has 0 bridgehead atoms. The first-order valence-electron chi connectivity index (χ1n) is 6.39. The van der Waals surface area contributed by atoms with Crippen LogP contribution in [0.3, 0.4) is 0 Å². The van der Waals surface area contributed by atoms with E-state index in [0.717, 1.165) is 13.0 Å². The van der Waals surface area contributed by atoms with Crippen molar-refractivity contribution in [2.75, 3.05) is 19.6 Å². The number of carbonyl (C=O) groups is 1. The Morgan fingerprint density at radius 3 is 2.50 bits per heavy atom. The van der Waals surface area contributed by atoms with Gasteiger partial charge < -0.3 is 10.6 Å². The van der Waals surface area contributed by atoms with Crippen LogP contribution in [0.2, 0.25) is 0 Å². The van der Waals surface area contributed by atoms with Crippen molar-refractivity contribution < 1.29 is 4.79 Å². The zero-order chi connectivity index (χ0) is 13.6. The quantitative estimate of drug-likeness (QED) is 0.838. The van der Waals surface area contributed by atoms with Crippen molar-refractivity contribution in [2.45, 2.75) is 27.2 Å². The highest BCUT2D eigenvalue weighted by Gasteiger charge is 2.23. The highest BCUT2D eigenvalue weighted by molar-refractivity contribution is 5.94. The largest absolute Gasteiger partial charge is 0.338 e. The van der Waals surface area contributed by atoms with E-state index in [-0.39, 0.29) is 11.3 Å². The third-order valence-corrected chi connectivity index (χ3v) is 2.88. The third kappa shape index (κ3) is 4.11. The molecule has 0 aliphatic heterocycles. The maximum absolute atomic E-state index is 12.4. The Morgan fingerprint density at radius 1 is 1.39 bits per heavy atom. The van der Waals surface area contributed by atoms with Gasteiger partial charge in [-0.15, -0.1) is 0 Å². The number of rotatable bonds is 6. The summed E-state index contributed by atoms with van der Waals surface area (Å²) in [5, 5.41) is 0. The summed E-state index contributed by atoms with van der Waals surface area (Å²) in [5.74, 6) is 0.0563. The van der Waals surface area contributed by atoms with Crippen molar-refractivity contribution in [2.24, 2.45) is 11.1 Å². The first kappa shape index (κ1) is 14.6. The van der Waals surface area contributed by atoms with Crippen LogP contribution >= 0.6 is 0 Å². The first-order chi connectivity index (χ1) is 8.50. The fraction of sp³-hybridized carbons (Fsp3) is 0.571. The molecule has 0 saturated carbocycles. The minimum absolute atomic E-state index is 0.0563. The molecule has 0 radical (unpaired) electrons. The Hall–Kier alpha value is -1.42. The van der Waals surface area contributed by atoms with E-state index in [9.17, 15) is 4.79 Å². The number of amides is 1. The average Bonchev–Trinajstić information content (AvgIpc) is 2.38. The van der Waals surface area contributed by atoms with E-state index in [0.29, 0.717) is 18.7 Å². The predicted octanol–water partition coefficient (Wildman–Crippen LogP) is 1.92. The minimum atomic E-state index is -0.0577. The smallest absolute Gasteiger partial charge is 0.253 e. The molecule has 1 heterocycles. The summed E-state index contributed by atoms with van der Waals surface area (Å²) >= 11 is 0. The molecule has 1 aromatic rings. The van der Waals surface area contributed by atoms with Gasteiger partial charge >= 0.3 is 0 Å². The van der Waals surface area contributed by atoms with E-state index in [1.54, 1.807) is 24.5 Å². The molecule has 1 amide bonds. The van der Waals surface area contributed by atoms with Gasteiger partial charge in [0, 0.05) is 31.0 Å². The number of hydrogen-bond donors (Lipinski definition) is 1. The number of hydrogen-bond acceptors (Lipinski definition) is 3. The lowest BCUT2D eigenvalue weighted by Gasteiger charge is -2.31. The number of nitrogens with two attached hydrogens (primary N) is 1. The molecular weight excluding hydrogens is 226 g/mol. The third-order valence-electron chi connectivity index (χ3n) is 2.88. The molecule has 4 nitrogen and oxygen atoms in total. The van der Waals surface area contributed by atoms with Crippen molar-refractivity contribution in [1.29, 1.82) is 0 Å². The minimum Gasteiger partial charge on any atom is -0.338 e. The van der Waals surface area contributed by atoms with Crippen LogP contribution < -0.4 is 5.73 Å². The van der Waals surface area contributed by atoms with Gasteiger partial charge in [0.25, 0.3) is 5.91 Å². The summed E-state index contributed by atoms with van der Waals surface area (Å²) in [7, 11) is 0. The topological polar surface area (TPSA) is 59.2 Å². The van der Waals surface area contributed by atoms with Gasteiger partial charge in [-0.25, -0.2) is 0 Å². The predicted molar refractivity (Wildman–Crippen MR) is 73.3 cm³/mol. The van der Waals surface area contributed by atoms with Crippen molar-refractivity contribution in [3.05, 3.63) is 30.1 Å². The van der Waals surface area contributed by atoms with E-state index < -0.39 is 0 Å². The fourth-order valence-electron chi connectivity index (χ4n) is 1.78. The van der Waals surface area contributed by atoms with Gasteiger partial charge in [0.05, 0.1) is 0 Å². The summed E-state index contributed by atoms with van der Waals surface area (Å²) in [6.07, 6.45) is 4.23.